The van der Waals surface area contributed by atoms with E-state index in [2.05, 4.69) is 5.32 Å². The molecule has 0 spiro atoms. The first kappa shape index (κ1) is 14.3. The smallest absolute Gasteiger partial charge is 0.251 e. The largest absolute Gasteiger partial charge is 0.364 e. The lowest BCUT2D eigenvalue weighted by atomic mass is 9.95. The first-order valence-corrected chi connectivity index (χ1v) is 7.01. The summed E-state index contributed by atoms with van der Waals surface area (Å²) in [6.07, 6.45) is 2.79. The number of ether oxygens (including phenoxy) is 1. The highest BCUT2D eigenvalue weighted by Gasteiger charge is 2.35. The molecule has 2 amide bonds. The van der Waals surface area contributed by atoms with Gasteiger partial charge in [0.15, 0.2) is 0 Å². The Kier molecular flexibility index (Phi) is 4.76. The van der Waals surface area contributed by atoms with Gasteiger partial charge in [-0.1, -0.05) is 0 Å². The van der Waals surface area contributed by atoms with Crippen LogP contribution in [-0.4, -0.2) is 55.6 Å². The molecule has 0 radical (unpaired) electrons. The number of nitrogens with zero attached hydrogens (tertiary/aromatic N) is 1. The summed E-state index contributed by atoms with van der Waals surface area (Å²) in [7, 11) is 1.65. The Morgan fingerprint density at radius 3 is 2.47 bits per heavy atom. The molecule has 2 heterocycles. The molecule has 2 saturated heterocycles. The highest BCUT2D eigenvalue weighted by molar-refractivity contribution is 5.82. The van der Waals surface area contributed by atoms with E-state index in [1.54, 1.807) is 7.05 Å². The molecule has 0 aliphatic carbocycles. The van der Waals surface area contributed by atoms with Crippen molar-refractivity contribution in [1.29, 1.82) is 0 Å². The summed E-state index contributed by atoms with van der Waals surface area (Å²) in [4.78, 5) is 25.6. The molecule has 2 fully saturated rings. The minimum absolute atomic E-state index is 0.0253. The monoisotopic (exact) mass is 269 g/mol. The molecule has 108 valence electrons. The van der Waals surface area contributed by atoms with Crippen molar-refractivity contribution >= 4 is 11.8 Å². The van der Waals surface area contributed by atoms with Gasteiger partial charge in [0.1, 0.15) is 6.10 Å². The van der Waals surface area contributed by atoms with Gasteiger partial charge in [-0.25, -0.2) is 0 Å². The Morgan fingerprint density at radius 1 is 1.26 bits per heavy atom. The maximum atomic E-state index is 12.3. The second-order valence-electron chi connectivity index (χ2n) is 5.27. The molecular formula is C13H23N3O3. The zero-order valence-electron chi connectivity index (χ0n) is 11.4. The topological polar surface area (TPSA) is 84.7 Å². The van der Waals surface area contributed by atoms with Crippen LogP contribution in [0.15, 0.2) is 0 Å². The fraction of sp³-hybridized carbons (Fsp3) is 0.846. The lowest BCUT2D eigenvalue weighted by Gasteiger charge is -2.32. The van der Waals surface area contributed by atoms with Crippen LogP contribution in [0.4, 0.5) is 0 Å². The maximum absolute atomic E-state index is 12.3. The summed E-state index contributed by atoms with van der Waals surface area (Å²) in [6.45, 7) is 1.76. The Labute approximate surface area is 113 Å². The van der Waals surface area contributed by atoms with Crippen LogP contribution >= 0.6 is 0 Å². The highest BCUT2D eigenvalue weighted by Crippen LogP contribution is 2.24. The van der Waals surface area contributed by atoms with Crippen LogP contribution in [0, 0.1) is 5.92 Å². The molecule has 0 aromatic heterocycles. The Bertz CT molecular complexity index is 340. The van der Waals surface area contributed by atoms with Crippen molar-refractivity contribution in [3.05, 3.63) is 0 Å². The fourth-order valence-electron chi connectivity index (χ4n) is 2.83. The summed E-state index contributed by atoms with van der Waals surface area (Å²) in [5.74, 6) is 0.175. The van der Waals surface area contributed by atoms with Crippen molar-refractivity contribution < 1.29 is 14.3 Å². The van der Waals surface area contributed by atoms with E-state index in [1.807, 2.05) is 4.90 Å². The minimum Gasteiger partial charge on any atom is -0.364 e. The van der Waals surface area contributed by atoms with E-state index < -0.39 is 0 Å². The van der Waals surface area contributed by atoms with E-state index in [1.165, 1.54) is 0 Å². The Morgan fingerprint density at radius 2 is 1.95 bits per heavy atom. The third-order valence-electron chi connectivity index (χ3n) is 4.07. The van der Waals surface area contributed by atoms with E-state index in [4.69, 9.17) is 10.5 Å². The molecule has 0 bridgehead atoms. The van der Waals surface area contributed by atoms with E-state index in [0.29, 0.717) is 19.6 Å². The molecule has 0 aromatic carbocycles. The van der Waals surface area contributed by atoms with Crippen molar-refractivity contribution in [1.82, 2.24) is 10.2 Å². The predicted octanol–water partition coefficient (Wildman–Crippen LogP) is -0.523. The Balaban J connectivity index is 1.81. The first-order valence-electron chi connectivity index (χ1n) is 7.01. The second kappa shape index (κ2) is 6.34. The summed E-state index contributed by atoms with van der Waals surface area (Å²) < 4.78 is 5.63. The van der Waals surface area contributed by atoms with Gasteiger partial charge in [0, 0.05) is 32.6 Å². The number of hydrogen-bond donors (Lipinski definition) is 2. The molecule has 2 atom stereocenters. The van der Waals surface area contributed by atoms with Gasteiger partial charge in [-0.2, -0.15) is 0 Å². The molecule has 19 heavy (non-hydrogen) atoms. The van der Waals surface area contributed by atoms with E-state index in [9.17, 15) is 9.59 Å². The molecule has 2 rings (SSSR count). The fourth-order valence-corrected chi connectivity index (χ4v) is 2.83. The highest BCUT2D eigenvalue weighted by atomic mass is 16.5. The van der Waals surface area contributed by atoms with Gasteiger partial charge in [0.05, 0.1) is 6.10 Å². The molecule has 3 N–H and O–H groups in total. The quantitative estimate of drug-likeness (QED) is 0.722. The lowest BCUT2D eigenvalue weighted by Crippen LogP contribution is -2.46. The average molecular weight is 269 g/mol. The van der Waals surface area contributed by atoms with Crippen LogP contribution in [0.2, 0.25) is 0 Å². The second-order valence-corrected chi connectivity index (χ2v) is 5.27. The van der Waals surface area contributed by atoms with Gasteiger partial charge in [-0.3, -0.25) is 9.59 Å². The number of likely N-dealkylation sites (tertiary alicyclic amines) is 1. The molecular weight excluding hydrogens is 246 g/mol. The standard InChI is InChI=1S/C13H23N3O3/c1-15-12(17)9-4-6-16(7-5-9)13(18)11-3-2-10(8-14)19-11/h9-11H,2-8,14H2,1H3,(H,15,17). The summed E-state index contributed by atoms with van der Waals surface area (Å²) >= 11 is 0. The first-order chi connectivity index (χ1) is 9.15. The van der Waals surface area contributed by atoms with Crippen molar-refractivity contribution in [2.75, 3.05) is 26.7 Å². The molecule has 0 saturated carbocycles. The van der Waals surface area contributed by atoms with Crippen molar-refractivity contribution in [3.63, 3.8) is 0 Å². The van der Waals surface area contributed by atoms with Crippen LogP contribution in [0.3, 0.4) is 0 Å². The van der Waals surface area contributed by atoms with Crippen molar-refractivity contribution in [3.8, 4) is 0 Å². The zero-order valence-corrected chi connectivity index (χ0v) is 11.4. The van der Waals surface area contributed by atoms with Crippen LogP contribution in [0.25, 0.3) is 0 Å². The normalized spacial score (nSPS) is 28.4. The third kappa shape index (κ3) is 3.25. The molecule has 6 nitrogen and oxygen atoms in total. The number of piperidine rings is 1. The molecule has 0 aromatic rings. The van der Waals surface area contributed by atoms with Gasteiger partial charge in [-0.05, 0) is 25.7 Å². The van der Waals surface area contributed by atoms with Crippen molar-refractivity contribution in [2.24, 2.45) is 11.7 Å². The number of hydrogen-bond acceptors (Lipinski definition) is 4. The van der Waals surface area contributed by atoms with Gasteiger partial charge in [-0.15, -0.1) is 0 Å². The van der Waals surface area contributed by atoms with Crippen LogP contribution < -0.4 is 11.1 Å². The minimum atomic E-state index is -0.329. The summed E-state index contributed by atoms with van der Waals surface area (Å²) in [5.41, 5.74) is 5.55. The lowest BCUT2D eigenvalue weighted by molar-refractivity contribution is -0.145. The van der Waals surface area contributed by atoms with Gasteiger partial charge in [0.25, 0.3) is 5.91 Å². The average Bonchev–Trinajstić information content (AvgIpc) is 2.94. The van der Waals surface area contributed by atoms with E-state index in [-0.39, 0.29) is 29.9 Å². The molecule has 6 heteroatoms. The zero-order chi connectivity index (χ0) is 13.8. The number of nitrogens with two attached hydrogens (primary N) is 1. The van der Waals surface area contributed by atoms with Gasteiger partial charge < -0.3 is 20.7 Å². The van der Waals surface area contributed by atoms with Gasteiger partial charge >= 0.3 is 0 Å². The Hall–Kier alpha value is -1.14. The summed E-state index contributed by atoms with van der Waals surface area (Å²) in [5, 5.41) is 2.67. The molecule has 2 aliphatic rings. The van der Waals surface area contributed by atoms with Crippen LogP contribution in [-0.2, 0) is 14.3 Å². The molecule has 2 unspecified atom stereocenters. The maximum Gasteiger partial charge on any atom is 0.251 e. The number of rotatable bonds is 3. The number of carbonyl (C=O) groups is 2. The van der Waals surface area contributed by atoms with Gasteiger partial charge in [0.2, 0.25) is 5.91 Å². The SMILES string of the molecule is CNC(=O)C1CCN(C(=O)C2CCC(CN)O2)CC1. The molecule has 2 aliphatic heterocycles. The summed E-state index contributed by atoms with van der Waals surface area (Å²) in [6, 6.07) is 0. The van der Waals surface area contributed by atoms with Crippen molar-refractivity contribution in [2.45, 2.75) is 37.9 Å². The van der Waals surface area contributed by atoms with E-state index >= 15 is 0 Å². The predicted molar refractivity (Wildman–Crippen MR) is 70.3 cm³/mol. The number of carbonyl (C=O) groups excluding carboxylic acids is 2. The van der Waals surface area contributed by atoms with Crippen LogP contribution in [0.5, 0.6) is 0 Å². The third-order valence-corrected chi connectivity index (χ3v) is 4.07. The number of amides is 2. The van der Waals surface area contributed by atoms with Crippen LogP contribution in [0.1, 0.15) is 25.7 Å². The number of nitrogens with one attached hydrogen (secondary N) is 1. The van der Waals surface area contributed by atoms with E-state index in [0.717, 1.165) is 25.7 Å².